The Bertz CT molecular complexity index is 749. The van der Waals surface area contributed by atoms with Crippen molar-refractivity contribution >= 4 is 28.3 Å². The van der Waals surface area contributed by atoms with Crippen LogP contribution >= 0.6 is 0 Å². The van der Waals surface area contributed by atoms with Crippen LogP contribution in [0.2, 0.25) is 0 Å². The number of hydrogen-bond donors (Lipinski definition) is 1. The van der Waals surface area contributed by atoms with E-state index in [1.165, 1.54) is 4.90 Å². The molecule has 0 aromatic carbocycles. The van der Waals surface area contributed by atoms with Crippen LogP contribution in [0, 0.1) is 5.41 Å². The maximum absolute atomic E-state index is 12.4. The number of urea groups is 1. The van der Waals surface area contributed by atoms with E-state index >= 15 is 0 Å². The zero-order chi connectivity index (χ0) is 20.5. The third-order valence-corrected chi connectivity index (χ3v) is 6.32. The Morgan fingerprint density at radius 3 is 2.54 bits per heavy atom. The molecule has 2 bridgehead atoms. The van der Waals surface area contributed by atoms with E-state index in [0.29, 0.717) is 30.7 Å². The lowest BCUT2D eigenvalue weighted by Gasteiger charge is -2.27. The van der Waals surface area contributed by atoms with Crippen LogP contribution in [0.15, 0.2) is 0 Å². The third kappa shape index (κ3) is 3.94. The second kappa shape index (κ2) is 7.84. The summed E-state index contributed by atoms with van der Waals surface area (Å²) in [5, 5.41) is 0.712. The molecule has 3 rings (SSSR count). The lowest BCUT2D eigenvalue weighted by molar-refractivity contribution is -0.157. The number of esters is 1. The summed E-state index contributed by atoms with van der Waals surface area (Å²) in [6.45, 7) is 1.60. The van der Waals surface area contributed by atoms with Crippen LogP contribution in [0.4, 0.5) is 4.79 Å². The van der Waals surface area contributed by atoms with Gasteiger partial charge in [-0.25, -0.2) is 8.98 Å². The van der Waals surface area contributed by atoms with E-state index in [0.717, 1.165) is 12.8 Å². The van der Waals surface area contributed by atoms with Crippen molar-refractivity contribution in [3.8, 4) is 0 Å². The minimum absolute atomic E-state index is 0.148. The molecule has 0 aromatic rings. The number of hydroxylamine groups is 2. The minimum Gasteiger partial charge on any atom is -0.465 e. The number of rotatable bonds is 8. The molecule has 1 saturated carbocycles. The number of nitrogens with two attached hydrogens (primary N) is 1. The van der Waals surface area contributed by atoms with Crippen molar-refractivity contribution in [3.05, 3.63) is 0 Å². The minimum atomic E-state index is -4.59. The van der Waals surface area contributed by atoms with E-state index in [-0.39, 0.29) is 13.2 Å². The summed E-state index contributed by atoms with van der Waals surface area (Å²) in [4.78, 5) is 37.4. The van der Waals surface area contributed by atoms with Crippen LogP contribution in [-0.2, 0) is 33.2 Å². The highest BCUT2D eigenvalue weighted by Crippen LogP contribution is 2.40. The van der Waals surface area contributed by atoms with E-state index in [9.17, 15) is 22.8 Å². The van der Waals surface area contributed by atoms with Crippen LogP contribution in [0.3, 0.4) is 0 Å². The summed E-state index contributed by atoms with van der Waals surface area (Å²) < 4.78 is 39.5. The summed E-state index contributed by atoms with van der Waals surface area (Å²) in [5.74, 6) is -1.14. The van der Waals surface area contributed by atoms with Gasteiger partial charge in [-0.2, -0.15) is 13.5 Å². The van der Waals surface area contributed by atoms with Crippen molar-refractivity contribution in [1.82, 2.24) is 9.96 Å². The fraction of sp³-hybridized carbons (Fsp3) is 0.812. The molecule has 2 saturated heterocycles. The van der Waals surface area contributed by atoms with Crippen molar-refractivity contribution in [2.75, 3.05) is 19.8 Å². The summed E-state index contributed by atoms with van der Waals surface area (Å²) in [5.41, 5.74) is 4.26. The first-order valence-corrected chi connectivity index (χ1v) is 10.7. The monoisotopic (exact) mass is 419 g/mol. The van der Waals surface area contributed by atoms with Gasteiger partial charge in [-0.3, -0.25) is 9.59 Å². The van der Waals surface area contributed by atoms with Crippen molar-refractivity contribution < 1.29 is 36.0 Å². The number of nitrogens with zero attached hydrogens (tertiary/aromatic N) is 2. The Morgan fingerprint density at radius 2 is 1.93 bits per heavy atom. The number of piperidine rings is 1. The number of amides is 3. The maximum atomic E-state index is 12.4. The molecule has 0 radical (unpaired) electrons. The van der Waals surface area contributed by atoms with Gasteiger partial charge in [-0.1, -0.05) is 12.8 Å². The van der Waals surface area contributed by atoms with Crippen molar-refractivity contribution in [2.24, 2.45) is 11.1 Å². The van der Waals surface area contributed by atoms with E-state index < -0.39 is 52.4 Å². The van der Waals surface area contributed by atoms with Crippen LogP contribution in [0.1, 0.15) is 45.4 Å². The quantitative estimate of drug-likeness (QED) is 0.543. The Balaban J connectivity index is 1.65. The van der Waals surface area contributed by atoms with Crippen molar-refractivity contribution in [2.45, 2.75) is 57.5 Å². The van der Waals surface area contributed by atoms with Crippen molar-refractivity contribution in [3.63, 3.8) is 0 Å². The lowest BCUT2D eigenvalue weighted by Crippen LogP contribution is -2.47. The molecule has 2 aliphatic heterocycles. The Hall–Kier alpha value is -1.92. The fourth-order valence-electron chi connectivity index (χ4n) is 4.07. The van der Waals surface area contributed by atoms with E-state index in [1.807, 2.05) is 0 Å². The average Bonchev–Trinajstić information content (AvgIpc) is 3.21. The molecular weight excluding hydrogens is 394 g/mol. The zero-order valence-electron chi connectivity index (χ0n) is 15.7. The van der Waals surface area contributed by atoms with Gasteiger partial charge in [0.25, 0.3) is 0 Å². The van der Waals surface area contributed by atoms with Gasteiger partial charge in [-0.05, 0) is 32.6 Å². The van der Waals surface area contributed by atoms with Gasteiger partial charge < -0.3 is 15.4 Å². The van der Waals surface area contributed by atoms with Gasteiger partial charge in [0.1, 0.15) is 6.04 Å². The molecule has 2 heterocycles. The molecule has 0 aromatic heterocycles. The molecule has 3 amide bonds. The largest absolute Gasteiger partial charge is 0.465 e. The van der Waals surface area contributed by atoms with E-state index in [4.69, 9.17) is 18.9 Å². The first-order chi connectivity index (χ1) is 13.2. The molecule has 2 N–H and O–H groups in total. The molecule has 3 fully saturated rings. The Labute approximate surface area is 163 Å². The normalized spacial score (nSPS) is 26.5. The highest BCUT2D eigenvalue weighted by Gasteiger charge is 2.50. The topological polar surface area (TPSA) is 146 Å². The molecule has 1 aliphatic carbocycles. The average molecular weight is 419 g/mol. The van der Waals surface area contributed by atoms with Crippen LogP contribution in [-0.4, -0.2) is 68.1 Å². The predicted molar refractivity (Wildman–Crippen MR) is 93.4 cm³/mol. The highest BCUT2D eigenvalue weighted by atomic mass is 32.3. The maximum Gasteiger partial charge on any atom is 0.421 e. The number of fused-ring (bicyclic) bond motifs is 2. The molecular formula is C16H25N3O8S. The number of primary amides is 1. The standard InChI is InChI=1S/C16H25N3O8S/c1-2-25-14(21)16(7-3-4-8-16)10-26-28(23,24)27-19-11-5-6-12(13(17)20)18(9-11)15(19)22/h11-12H,2-10H2,1H3,(H2,17,20)/t11?,12-/m0/s1. The Kier molecular flexibility index (Phi) is 5.82. The molecule has 1 unspecified atom stereocenters. The number of carbonyl (C=O) groups is 3. The first kappa shape index (κ1) is 20.8. The smallest absolute Gasteiger partial charge is 0.421 e. The second-order valence-corrected chi connectivity index (χ2v) is 8.56. The summed E-state index contributed by atoms with van der Waals surface area (Å²) >= 11 is 0. The summed E-state index contributed by atoms with van der Waals surface area (Å²) in [7, 11) is -4.59. The first-order valence-electron chi connectivity index (χ1n) is 9.34. The van der Waals surface area contributed by atoms with Crippen LogP contribution < -0.4 is 5.73 Å². The SMILES string of the molecule is CCOC(=O)C1(COS(=O)(=O)ON2C(=O)N3CC2CC[C@H]3C(N)=O)CCCC1. The Morgan fingerprint density at radius 1 is 1.25 bits per heavy atom. The molecule has 12 heteroatoms. The molecule has 28 heavy (non-hydrogen) atoms. The van der Waals surface area contributed by atoms with Gasteiger partial charge in [0.2, 0.25) is 5.91 Å². The number of ether oxygens (including phenoxy) is 1. The highest BCUT2D eigenvalue weighted by molar-refractivity contribution is 7.81. The number of carbonyl (C=O) groups excluding carboxylic acids is 3. The van der Waals surface area contributed by atoms with E-state index in [1.54, 1.807) is 6.92 Å². The van der Waals surface area contributed by atoms with Gasteiger partial charge in [0.15, 0.2) is 0 Å². The summed E-state index contributed by atoms with van der Waals surface area (Å²) in [6.07, 6.45) is 3.15. The third-order valence-electron chi connectivity index (χ3n) is 5.57. The van der Waals surface area contributed by atoms with Gasteiger partial charge >= 0.3 is 22.4 Å². The summed E-state index contributed by atoms with van der Waals surface area (Å²) in [6, 6.07) is -2.06. The lowest BCUT2D eigenvalue weighted by atomic mass is 9.87. The van der Waals surface area contributed by atoms with Gasteiger partial charge in [0.05, 0.1) is 24.7 Å². The number of hydrogen-bond acceptors (Lipinski definition) is 8. The van der Waals surface area contributed by atoms with Crippen molar-refractivity contribution in [1.29, 1.82) is 0 Å². The van der Waals surface area contributed by atoms with Crippen LogP contribution in [0.5, 0.6) is 0 Å². The van der Waals surface area contributed by atoms with Crippen LogP contribution in [0.25, 0.3) is 0 Å². The fourth-order valence-corrected chi connectivity index (χ4v) is 4.87. The second-order valence-electron chi connectivity index (χ2n) is 7.36. The molecule has 158 valence electrons. The molecule has 11 nitrogen and oxygen atoms in total. The van der Waals surface area contributed by atoms with E-state index in [2.05, 4.69) is 0 Å². The molecule has 0 spiro atoms. The zero-order valence-corrected chi connectivity index (χ0v) is 16.5. The van der Waals surface area contributed by atoms with Gasteiger partial charge in [-0.15, -0.1) is 4.28 Å². The van der Waals surface area contributed by atoms with Gasteiger partial charge in [0, 0.05) is 6.54 Å². The molecule has 3 aliphatic rings. The predicted octanol–water partition coefficient (Wildman–Crippen LogP) is 0.0568. The molecule has 2 atom stereocenters.